The quantitative estimate of drug-likeness (QED) is 0.876. The summed E-state index contributed by atoms with van der Waals surface area (Å²) < 4.78 is 0. The van der Waals surface area contributed by atoms with Crippen molar-refractivity contribution >= 4 is 42.1 Å². The Hall–Kier alpha value is -0.360. The molecule has 2 atom stereocenters. The summed E-state index contributed by atoms with van der Waals surface area (Å²) in [5.74, 6) is 0.0613. The van der Waals surface area contributed by atoms with Gasteiger partial charge in [0.05, 0.1) is 11.2 Å². The molecule has 0 aliphatic carbocycles. The van der Waals surface area contributed by atoms with Crippen LogP contribution in [-0.2, 0) is 6.42 Å². The summed E-state index contributed by atoms with van der Waals surface area (Å²) in [5, 5.41) is 7.84. The zero-order valence-corrected chi connectivity index (χ0v) is 14.6. The van der Waals surface area contributed by atoms with E-state index in [1.165, 1.54) is 24.2 Å². The second-order valence-electron chi connectivity index (χ2n) is 5.65. The molecule has 2 aliphatic heterocycles. The third kappa shape index (κ3) is 4.55. The molecule has 0 radical (unpaired) electrons. The highest BCUT2D eigenvalue weighted by atomic mass is 35.5. The van der Waals surface area contributed by atoms with Gasteiger partial charge in [0, 0.05) is 18.1 Å². The Kier molecular flexibility index (Phi) is 7.40. The molecule has 7 heteroatoms. The van der Waals surface area contributed by atoms with E-state index in [2.05, 4.69) is 22.5 Å². The van der Waals surface area contributed by atoms with Crippen molar-refractivity contribution in [3.05, 3.63) is 16.1 Å². The third-order valence-electron chi connectivity index (χ3n) is 4.05. The zero-order valence-electron chi connectivity index (χ0n) is 12.1. The number of hydrogen-bond donors (Lipinski definition) is 2. The molecular weight excluding hydrogens is 329 g/mol. The molecule has 3 heterocycles. The SMILES string of the molecule is CCCc1ncc(C(=O)NC2CC3CCC(C2)N3)s1.Cl.Cl. The predicted molar refractivity (Wildman–Crippen MR) is 91.0 cm³/mol. The van der Waals surface area contributed by atoms with Gasteiger partial charge in [0.1, 0.15) is 4.88 Å². The molecule has 2 bridgehead atoms. The number of nitrogens with zero attached hydrogens (tertiary/aromatic N) is 1. The number of carbonyl (C=O) groups excluding carboxylic acids is 1. The summed E-state index contributed by atoms with van der Waals surface area (Å²) in [7, 11) is 0. The lowest BCUT2D eigenvalue weighted by atomic mass is 10.00. The fourth-order valence-electron chi connectivity index (χ4n) is 3.18. The molecule has 2 unspecified atom stereocenters. The molecule has 1 aromatic heterocycles. The Labute approximate surface area is 142 Å². The van der Waals surface area contributed by atoms with Crippen LogP contribution in [0.25, 0.3) is 0 Å². The van der Waals surface area contributed by atoms with E-state index in [9.17, 15) is 4.79 Å². The van der Waals surface area contributed by atoms with Crippen molar-refractivity contribution in [2.24, 2.45) is 0 Å². The lowest BCUT2D eigenvalue weighted by Gasteiger charge is -2.29. The first-order valence-electron chi connectivity index (χ1n) is 7.26. The molecule has 21 heavy (non-hydrogen) atoms. The first-order chi connectivity index (χ1) is 9.24. The molecule has 120 valence electrons. The van der Waals surface area contributed by atoms with Crippen LogP contribution >= 0.6 is 36.2 Å². The number of aromatic nitrogens is 1. The van der Waals surface area contributed by atoms with E-state index in [0.717, 1.165) is 35.6 Å². The van der Waals surface area contributed by atoms with Gasteiger partial charge in [-0.05, 0) is 38.5 Å². The number of amides is 1. The van der Waals surface area contributed by atoms with E-state index in [1.807, 2.05) is 0 Å². The van der Waals surface area contributed by atoms with Crippen molar-refractivity contribution in [1.82, 2.24) is 15.6 Å². The van der Waals surface area contributed by atoms with Crippen LogP contribution in [0.2, 0.25) is 0 Å². The average Bonchev–Trinajstić information content (AvgIpc) is 2.97. The smallest absolute Gasteiger partial charge is 0.263 e. The molecule has 0 spiro atoms. The predicted octanol–water partition coefficient (Wildman–Crippen LogP) is 2.95. The van der Waals surface area contributed by atoms with Gasteiger partial charge in [0.15, 0.2) is 0 Å². The number of halogens is 2. The van der Waals surface area contributed by atoms with Crippen LogP contribution < -0.4 is 10.6 Å². The number of aryl methyl sites for hydroxylation is 1. The van der Waals surface area contributed by atoms with Crippen LogP contribution in [0.3, 0.4) is 0 Å². The molecule has 4 nitrogen and oxygen atoms in total. The molecule has 0 saturated carbocycles. The van der Waals surface area contributed by atoms with Gasteiger partial charge in [-0.25, -0.2) is 4.98 Å². The molecule has 2 N–H and O–H groups in total. The number of fused-ring (bicyclic) bond motifs is 2. The minimum Gasteiger partial charge on any atom is -0.348 e. The standard InChI is InChI=1S/C14H21N3OS.2ClH/c1-2-3-13-15-8-12(19-13)14(18)17-11-6-9-4-5-10(7-11)16-9;;/h8-11,16H,2-7H2,1H3,(H,17,18);2*1H. The highest BCUT2D eigenvalue weighted by Gasteiger charge is 2.34. The molecule has 0 aromatic carbocycles. The van der Waals surface area contributed by atoms with Crippen LogP contribution in [0.15, 0.2) is 6.20 Å². The van der Waals surface area contributed by atoms with E-state index in [0.29, 0.717) is 18.1 Å². The zero-order chi connectivity index (χ0) is 13.2. The minimum absolute atomic E-state index is 0. The Morgan fingerprint density at radius 3 is 2.67 bits per heavy atom. The molecule has 2 saturated heterocycles. The van der Waals surface area contributed by atoms with Crippen LogP contribution in [0.4, 0.5) is 0 Å². The molecule has 3 rings (SSSR count). The highest BCUT2D eigenvalue weighted by Crippen LogP contribution is 2.27. The summed E-state index contributed by atoms with van der Waals surface area (Å²) in [6, 6.07) is 1.56. The fourth-order valence-corrected chi connectivity index (χ4v) is 4.10. The summed E-state index contributed by atoms with van der Waals surface area (Å²) in [6.07, 6.45) is 8.44. The Balaban J connectivity index is 0.00000110. The van der Waals surface area contributed by atoms with Crippen LogP contribution in [0, 0.1) is 0 Å². The van der Waals surface area contributed by atoms with E-state index in [1.54, 1.807) is 6.20 Å². The largest absolute Gasteiger partial charge is 0.348 e. The second-order valence-corrected chi connectivity index (χ2v) is 6.76. The van der Waals surface area contributed by atoms with E-state index >= 15 is 0 Å². The average molecular weight is 352 g/mol. The number of nitrogens with one attached hydrogen (secondary N) is 2. The number of piperidine rings is 1. The van der Waals surface area contributed by atoms with Crippen LogP contribution in [-0.4, -0.2) is 29.0 Å². The Morgan fingerprint density at radius 1 is 1.38 bits per heavy atom. The van der Waals surface area contributed by atoms with Crippen molar-refractivity contribution in [3.8, 4) is 0 Å². The number of thiazole rings is 1. The van der Waals surface area contributed by atoms with Gasteiger partial charge in [-0.1, -0.05) is 6.92 Å². The van der Waals surface area contributed by atoms with Gasteiger partial charge in [-0.3, -0.25) is 4.79 Å². The van der Waals surface area contributed by atoms with Crippen molar-refractivity contribution in [1.29, 1.82) is 0 Å². The Bertz CT molecular complexity index is 457. The van der Waals surface area contributed by atoms with Crippen LogP contribution in [0.1, 0.15) is 53.7 Å². The van der Waals surface area contributed by atoms with Gasteiger partial charge in [0.25, 0.3) is 5.91 Å². The molecule has 2 fully saturated rings. The van der Waals surface area contributed by atoms with Crippen molar-refractivity contribution in [3.63, 3.8) is 0 Å². The number of carbonyl (C=O) groups is 1. The maximum atomic E-state index is 12.2. The summed E-state index contributed by atoms with van der Waals surface area (Å²) in [6.45, 7) is 2.13. The Morgan fingerprint density at radius 2 is 2.05 bits per heavy atom. The molecule has 1 aromatic rings. The topological polar surface area (TPSA) is 54.0 Å². The normalized spacial score (nSPS) is 26.6. The highest BCUT2D eigenvalue weighted by molar-refractivity contribution is 7.13. The maximum absolute atomic E-state index is 12.2. The number of rotatable bonds is 4. The minimum atomic E-state index is 0. The summed E-state index contributed by atoms with van der Waals surface area (Å²) in [5.41, 5.74) is 0. The maximum Gasteiger partial charge on any atom is 0.263 e. The van der Waals surface area contributed by atoms with Crippen LogP contribution in [0.5, 0.6) is 0 Å². The molecule has 2 aliphatic rings. The lowest BCUT2D eigenvalue weighted by molar-refractivity contribution is 0.0928. The van der Waals surface area contributed by atoms with Crippen molar-refractivity contribution < 1.29 is 4.79 Å². The van der Waals surface area contributed by atoms with Gasteiger partial charge in [-0.2, -0.15) is 0 Å². The molecule has 1 amide bonds. The number of hydrogen-bond acceptors (Lipinski definition) is 4. The van der Waals surface area contributed by atoms with Gasteiger partial charge in [-0.15, -0.1) is 36.2 Å². The second kappa shape index (κ2) is 8.32. The summed E-state index contributed by atoms with van der Waals surface area (Å²) >= 11 is 1.53. The van der Waals surface area contributed by atoms with Gasteiger partial charge >= 0.3 is 0 Å². The van der Waals surface area contributed by atoms with E-state index in [4.69, 9.17) is 0 Å². The fraction of sp³-hybridized carbons (Fsp3) is 0.714. The van der Waals surface area contributed by atoms with Gasteiger partial charge in [0.2, 0.25) is 0 Å². The molecular formula is C14H23Cl2N3OS. The summed E-state index contributed by atoms with van der Waals surface area (Å²) in [4.78, 5) is 17.3. The van der Waals surface area contributed by atoms with Crippen molar-refractivity contribution in [2.45, 2.75) is 63.6 Å². The van der Waals surface area contributed by atoms with Gasteiger partial charge < -0.3 is 10.6 Å². The third-order valence-corrected chi connectivity index (χ3v) is 5.11. The first-order valence-corrected chi connectivity index (χ1v) is 8.08. The lowest BCUT2D eigenvalue weighted by Crippen LogP contribution is -2.47. The van der Waals surface area contributed by atoms with E-state index < -0.39 is 0 Å². The monoisotopic (exact) mass is 351 g/mol. The first kappa shape index (κ1) is 18.7. The van der Waals surface area contributed by atoms with E-state index in [-0.39, 0.29) is 30.7 Å². The van der Waals surface area contributed by atoms with Crippen molar-refractivity contribution in [2.75, 3.05) is 0 Å².